The van der Waals surface area contributed by atoms with Crippen molar-refractivity contribution in [1.82, 2.24) is 10.2 Å². The van der Waals surface area contributed by atoms with Crippen LogP contribution in [0, 0.1) is 11.8 Å². The molecular weight excluding hydrogens is 248 g/mol. The molecule has 1 aliphatic heterocycles. The molecule has 20 heavy (non-hydrogen) atoms. The van der Waals surface area contributed by atoms with E-state index in [0.29, 0.717) is 6.04 Å². The third-order valence-corrected chi connectivity index (χ3v) is 5.38. The lowest BCUT2D eigenvalue weighted by atomic mass is 9.76. The van der Waals surface area contributed by atoms with Crippen LogP contribution in [0.3, 0.4) is 0 Å². The molecule has 1 N–H and O–H groups in total. The molecule has 1 heterocycles. The fourth-order valence-corrected chi connectivity index (χ4v) is 3.92. The highest BCUT2D eigenvalue weighted by Gasteiger charge is 2.32. The lowest BCUT2D eigenvalue weighted by molar-refractivity contribution is 0.114. The molecule has 0 spiro atoms. The van der Waals surface area contributed by atoms with Gasteiger partial charge in [0.15, 0.2) is 0 Å². The first kappa shape index (κ1) is 16.3. The second-order valence-electron chi connectivity index (χ2n) is 6.87. The molecular formula is C17H34N2O. The van der Waals surface area contributed by atoms with Gasteiger partial charge in [-0.1, -0.05) is 20.3 Å². The summed E-state index contributed by atoms with van der Waals surface area (Å²) in [4.78, 5) is 2.57. The summed E-state index contributed by atoms with van der Waals surface area (Å²) in [5, 5.41) is 3.80. The summed E-state index contributed by atoms with van der Waals surface area (Å²) < 4.78 is 5.54. The Morgan fingerprint density at radius 2 is 2.05 bits per heavy atom. The van der Waals surface area contributed by atoms with Gasteiger partial charge in [0.2, 0.25) is 0 Å². The van der Waals surface area contributed by atoms with Crippen LogP contribution in [0.25, 0.3) is 0 Å². The smallest absolute Gasteiger partial charge is 0.0622 e. The van der Waals surface area contributed by atoms with E-state index in [0.717, 1.165) is 31.1 Å². The highest BCUT2D eigenvalue weighted by atomic mass is 16.5. The monoisotopic (exact) mass is 282 g/mol. The SMILES string of the molecule is CCCNC1CCC(CC)CC1CN(C)C1CCOC1. The van der Waals surface area contributed by atoms with Gasteiger partial charge in [0, 0.05) is 25.2 Å². The topological polar surface area (TPSA) is 24.5 Å². The Balaban J connectivity index is 1.87. The predicted octanol–water partition coefficient (Wildman–Crippen LogP) is 2.90. The van der Waals surface area contributed by atoms with E-state index in [2.05, 4.69) is 31.1 Å². The van der Waals surface area contributed by atoms with Crippen molar-refractivity contribution in [2.75, 3.05) is 33.4 Å². The number of hydrogen-bond acceptors (Lipinski definition) is 3. The maximum atomic E-state index is 5.54. The Labute approximate surface area is 125 Å². The first-order chi connectivity index (χ1) is 9.74. The van der Waals surface area contributed by atoms with Crippen molar-refractivity contribution in [3.63, 3.8) is 0 Å². The van der Waals surface area contributed by atoms with Gasteiger partial charge >= 0.3 is 0 Å². The van der Waals surface area contributed by atoms with Crippen LogP contribution in [0.2, 0.25) is 0 Å². The van der Waals surface area contributed by atoms with E-state index in [1.165, 1.54) is 51.6 Å². The Kier molecular flexibility index (Phi) is 6.79. The van der Waals surface area contributed by atoms with Crippen LogP contribution in [-0.2, 0) is 4.74 Å². The summed E-state index contributed by atoms with van der Waals surface area (Å²) >= 11 is 0. The Bertz CT molecular complexity index is 266. The Hall–Kier alpha value is -0.120. The van der Waals surface area contributed by atoms with Gasteiger partial charge in [-0.15, -0.1) is 0 Å². The van der Waals surface area contributed by atoms with Crippen LogP contribution in [0.1, 0.15) is 52.4 Å². The first-order valence-electron chi connectivity index (χ1n) is 8.75. The van der Waals surface area contributed by atoms with Gasteiger partial charge in [0.05, 0.1) is 6.61 Å². The summed E-state index contributed by atoms with van der Waals surface area (Å²) in [5.41, 5.74) is 0. The molecule has 0 bridgehead atoms. The van der Waals surface area contributed by atoms with Crippen LogP contribution in [0.15, 0.2) is 0 Å². The van der Waals surface area contributed by atoms with Crippen molar-refractivity contribution in [3.05, 3.63) is 0 Å². The summed E-state index contributed by atoms with van der Waals surface area (Å²) in [6.07, 6.45) is 8.02. The fourth-order valence-electron chi connectivity index (χ4n) is 3.92. The van der Waals surface area contributed by atoms with E-state index in [1.54, 1.807) is 0 Å². The zero-order valence-corrected chi connectivity index (χ0v) is 13.7. The molecule has 2 fully saturated rings. The van der Waals surface area contributed by atoms with Gasteiger partial charge in [-0.3, -0.25) is 0 Å². The number of likely N-dealkylation sites (N-methyl/N-ethyl adjacent to an activating group) is 1. The second-order valence-corrected chi connectivity index (χ2v) is 6.87. The zero-order chi connectivity index (χ0) is 14.4. The summed E-state index contributed by atoms with van der Waals surface area (Å²) in [5.74, 6) is 1.78. The van der Waals surface area contributed by atoms with Crippen LogP contribution in [0.5, 0.6) is 0 Å². The van der Waals surface area contributed by atoms with Gasteiger partial charge in [-0.2, -0.15) is 0 Å². The molecule has 1 saturated heterocycles. The highest BCUT2D eigenvalue weighted by molar-refractivity contribution is 4.87. The maximum Gasteiger partial charge on any atom is 0.0622 e. The highest BCUT2D eigenvalue weighted by Crippen LogP contribution is 2.32. The van der Waals surface area contributed by atoms with Crippen LogP contribution >= 0.6 is 0 Å². The average molecular weight is 282 g/mol. The minimum Gasteiger partial charge on any atom is -0.380 e. The molecule has 0 aromatic rings. The Morgan fingerprint density at radius 1 is 1.20 bits per heavy atom. The standard InChI is InChI=1S/C17H34N2O/c1-4-9-18-17-7-6-14(5-2)11-15(17)12-19(3)16-8-10-20-13-16/h14-18H,4-13H2,1-3H3. The molecule has 3 nitrogen and oxygen atoms in total. The number of nitrogens with zero attached hydrogens (tertiary/aromatic N) is 1. The summed E-state index contributed by atoms with van der Waals surface area (Å²) in [6.45, 7) is 8.93. The van der Waals surface area contributed by atoms with Crippen LogP contribution in [0.4, 0.5) is 0 Å². The van der Waals surface area contributed by atoms with Gasteiger partial charge in [-0.25, -0.2) is 0 Å². The molecule has 2 aliphatic rings. The molecule has 2 rings (SSSR count). The van der Waals surface area contributed by atoms with E-state index in [4.69, 9.17) is 4.74 Å². The van der Waals surface area contributed by atoms with Gasteiger partial charge in [0.25, 0.3) is 0 Å². The van der Waals surface area contributed by atoms with E-state index in [1.807, 2.05) is 0 Å². The first-order valence-corrected chi connectivity index (χ1v) is 8.75. The second kappa shape index (κ2) is 8.35. The number of ether oxygens (including phenoxy) is 1. The molecule has 0 aromatic heterocycles. The van der Waals surface area contributed by atoms with Gasteiger partial charge < -0.3 is 15.0 Å². The zero-order valence-electron chi connectivity index (χ0n) is 13.7. The van der Waals surface area contributed by atoms with Gasteiger partial charge in [0.1, 0.15) is 0 Å². The minimum absolute atomic E-state index is 0.656. The van der Waals surface area contributed by atoms with Crippen molar-refractivity contribution >= 4 is 0 Å². The molecule has 3 heteroatoms. The van der Waals surface area contributed by atoms with E-state index < -0.39 is 0 Å². The number of rotatable bonds is 7. The number of hydrogen-bond donors (Lipinski definition) is 1. The lowest BCUT2D eigenvalue weighted by Gasteiger charge is -2.39. The average Bonchev–Trinajstić information content (AvgIpc) is 3.00. The maximum absolute atomic E-state index is 5.54. The van der Waals surface area contributed by atoms with E-state index in [-0.39, 0.29) is 0 Å². The van der Waals surface area contributed by atoms with E-state index >= 15 is 0 Å². The van der Waals surface area contributed by atoms with Crippen molar-refractivity contribution in [2.24, 2.45) is 11.8 Å². The van der Waals surface area contributed by atoms with Crippen LogP contribution < -0.4 is 5.32 Å². The Morgan fingerprint density at radius 3 is 2.70 bits per heavy atom. The van der Waals surface area contributed by atoms with Crippen molar-refractivity contribution in [1.29, 1.82) is 0 Å². The number of nitrogens with one attached hydrogen (secondary N) is 1. The van der Waals surface area contributed by atoms with Crippen molar-refractivity contribution in [2.45, 2.75) is 64.5 Å². The lowest BCUT2D eigenvalue weighted by Crippen LogP contribution is -2.47. The van der Waals surface area contributed by atoms with Crippen molar-refractivity contribution in [3.8, 4) is 0 Å². The quantitative estimate of drug-likeness (QED) is 0.777. The summed E-state index contributed by atoms with van der Waals surface area (Å²) in [7, 11) is 2.30. The molecule has 1 saturated carbocycles. The minimum atomic E-state index is 0.656. The third kappa shape index (κ3) is 4.44. The molecule has 0 amide bonds. The molecule has 4 unspecified atom stereocenters. The van der Waals surface area contributed by atoms with Crippen molar-refractivity contribution < 1.29 is 4.74 Å². The molecule has 0 radical (unpaired) electrons. The largest absolute Gasteiger partial charge is 0.380 e. The van der Waals surface area contributed by atoms with E-state index in [9.17, 15) is 0 Å². The van der Waals surface area contributed by atoms with Crippen LogP contribution in [-0.4, -0.2) is 50.3 Å². The molecule has 4 atom stereocenters. The predicted molar refractivity (Wildman–Crippen MR) is 85.1 cm³/mol. The van der Waals surface area contributed by atoms with Gasteiger partial charge in [-0.05, 0) is 57.5 Å². The molecule has 118 valence electrons. The summed E-state index contributed by atoms with van der Waals surface area (Å²) in [6, 6.07) is 1.39. The third-order valence-electron chi connectivity index (χ3n) is 5.38. The fraction of sp³-hybridized carbons (Fsp3) is 1.00. The molecule has 0 aromatic carbocycles. The normalized spacial score (nSPS) is 34.8. The molecule has 1 aliphatic carbocycles.